The minimum atomic E-state index is 1.01. The van der Waals surface area contributed by atoms with Gasteiger partial charge >= 0.3 is 0 Å². The van der Waals surface area contributed by atoms with E-state index in [-0.39, 0.29) is 0 Å². The lowest BCUT2D eigenvalue weighted by atomic mass is 9.85. The number of rotatable bonds is 4. The van der Waals surface area contributed by atoms with Crippen molar-refractivity contribution in [2.24, 2.45) is 0 Å². The Kier molecular flexibility index (Phi) is 5.86. The molecule has 1 heterocycles. The lowest BCUT2D eigenvalue weighted by Crippen LogP contribution is -1.92. The highest BCUT2D eigenvalue weighted by Gasteiger charge is 2.17. The van der Waals surface area contributed by atoms with E-state index >= 15 is 0 Å². The van der Waals surface area contributed by atoms with Crippen LogP contribution in [0.15, 0.2) is 164 Å². The van der Waals surface area contributed by atoms with Crippen LogP contribution in [0.2, 0.25) is 0 Å². The van der Waals surface area contributed by atoms with Crippen molar-refractivity contribution in [1.82, 2.24) is 4.98 Å². The standard InChI is InChI=1S/C41H27N/c1-2-12-28(13-3-1)30-15-10-16-31(26-30)39-35-20-6-8-22-37(35)40(38-23-9-7-21-36(38)39)32-17-11-18-33(27-32)41-34-19-5-4-14-29(34)24-25-42-41/h1-27H. The second-order valence-electron chi connectivity index (χ2n) is 10.7. The average molecular weight is 534 g/mol. The van der Waals surface area contributed by atoms with Crippen molar-refractivity contribution in [3.8, 4) is 44.6 Å². The van der Waals surface area contributed by atoms with Crippen molar-refractivity contribution < 1.29 is 0 Å². The quantitative estimate of drug-likeness (QED) is 0.205. The van der Waals surface area contributed by atoms with Gasteiger partial charge in [-0.15, -0.1) is 0 Å². The summed E-state index contributed by atoms with van der Waals surface area (Å²) >= 11 is 0. The molecule has 7 aromatic carbocycles. The molecule has 0 bridgehead atoms. The first-order chi connectivity index (χ1) is 20.8. The zero-order chi connectivity index (χ0) is 27.9. The van der Waals surface area contributed by atoms with Crippen LogP contribution in [0, 0.1) is 0 Å². The van der Waals surface area contributed by atoms with Crippen LogP contribution in [-0.4, -0.2) is 4.98 Å². The first kappa shape index (κ1) is 24.3. The molecule has 0 aliphatic carbocycles. The Labute approximate surface area is 245 Å². The third-order valence-electron chi connectivity index (χ3n) is 8.29. The van der Waals surface area contributed by atoms with E-state index < -0.39 is 0 Å². The Balaban J connectivity index is 1.39. The zero-order valence-corrected chi connectivity index (χ0v) is 23.0. The number of hydrogen-bond acceptors (Lipinski definition) is 1. The fraction of sp³-hybridized carbons (Fsp3) is 0. The van der Waals surface area contributed by atoms with Gasteiger partial charge in [0.05, 0.1) is 5.69 Å². The van der Waals surface area contributed by atoms with Crippen molar-refractivity contribution in [2.75, 3.05) is 0 Å². The molecule has 1 heteroatoms. The molecule has 0 unspecified atom stereocenters. The molecule has 196 valence electrons. The normalized spacial score (nSPS) is 11.3. The summed E-state index contributed by atoms with van der Waals surface area (Å²) < 4.78 is 0. The number of nitrogens with zero attached hydrogens (tertiary/aromatic N) is 1. The monoisotopic (exact) mass is 533 g/mol. The summed E-state index contributed by atoms with van der Waals surface area (Å²) in [6.45, 7) is 0. The second kappa shape index (κ2) is 10.1. The van der Waals surface area contributed by atoms with Crippen molar-refractivity contribution in [3.63, 3.8) is 0 Å². The summed E-state index contributed by atoms with van der Waals surface area (Å²) in [5, 5.41) is 7.38. The Bertz CT molecular complexity index is 2180. The SMILES string of the molecule is c1ccc(-c2cccc(-c3c4ccccc4c(-c4cccc(-c5nccc6ccccc56)c4)c4ccccc34)c2)cc1. The second-order valence-corrected chi connectivity index (χ2v) is 10.7. The highest BCUT2D eigenvalue weighted by Crippen LogP contribution is 2.44. The van der Waals surface area contributed by atoms with Crippen LogP contribution >= 0.6 is 0 Å². The molecule has 0 spiro atoms. The minimum absolute atomic E-state index is 1.01. The number of aromatic nitrogens is 1. The summed E-state index contributed by atoms with van der Waals surface area (Å²) in [6, 6.07) is 56.7. The average Bonchev–Trinajstić information content (AvgIpc) is 3.07. The first-order valence-electron chi connectivity index (χ1n) is 14.4. The number of benzene rings is 7. The van der Waals surface area contributed by atoms with Crippen LogP contribution in [0.5, 0.6) is 0 Å². The van der Waals surface area contributed by atoms with Gasteiger partial charge in [0.2, 0.25) is 0 Å². The summed E-state index contributed by atoms with van der Waals surface area (Å²) in [6.07, 6.45) is 1.91. The Morgan fingerprint density at radius 3 is 1.38 bits per heavy atom. The van der Waals surface area contributed by atoms with Crippen molar-refractivity contribution in [2.45, 2.75) is 0 Å². The maximum absolute atomic E-state index is 4.82. The van der Waals surface area contributed by atoms with Gasteiger partial charge in [-0.2, -0.15) is 0 Å². The van der Waals surface area contributed by atoms with Crippen LogP contribution in [-0.2, 0) is 0 Å². The number of fused-ring (bicyclic) bond motifs is 3. The summed E-state index contributed by atoms with van der Waals surface area (Å²) in [4.78, 5) is 4.82. The fourth-order valence-corrected chi connectivity index (χ4v) is 6.41. The van der Waals surface area contributed by atoms with Gasteiger partial charge < -0.3 is 0 Å². The molecule has 8 aromatic rings. The lowest BCUT2D eigenvalue weighted by Gasteiger charge is -2.18. The van der Waals surface area contributed by atoms with E-state index in [0.29, 0.717) is 0 Å². The van der Waals surface area contributed by atoms with Gasteiger partial charge in [0.15, 0.2) is 0 Å². The highest BCUT2D eigenvalue weighted by molar-refractivity contribution is 6.21. The van der Waals surface area contributed by atoms with Crippen molar-refractivity contribution in [3.05, 3.63) is 164 Å². The fourth-order valence-electron chi connectivity index (χ4n) is 6.41. The highest BCUT2D eigenvalue weighted by atomic mass is 14.7. The maximum atomic E-state index is 4.82. The lowest BCUT2D eigenvalue weighted by molar-refractivity contribution is 1.36. The van der Waals surface area contributed by atoms with E-state index in [2.05, 4.69) is 158 Å². The summed E-state index contributed by atoms with van der Waals surface area (Å²) in [5.74, 6) is 0. The van der Waals surface area contributed by atoms with E-state index in [1.807, 2.05) is 6.20 Å². The molecule has 0 fully saturated rings. The largest absolute Gasteiger partial charge is 0.256 e. The van der Waals surface area contributed by atoms with Crippen LogP contribution < -0.4 is 0 Å². The smallest absolute Gasteiger partial charge is 0.0780 e. The molecule has 0 N–H and O–H groups in total. The maximum Gasteiger partial charge on any atom is 0.0780 e. The molecule has 0 saturated carbocycles. The van der Waals surface area contributed by atoms with Gasteiger partial charge in [-0.05, 0) is 78.5 Å². The van der Waals surface area contributed by atoms with Gasteiger partial charge in [-0.25, -0.2) is 0 Å². The molecular weight excluding hydrogens is 506 g/mol. The molecule has 1 aromatic heterocycles. The molecule has 1 nitrogen and oxygen atoms in total. The zero-order valence-electron chi connectivity index (χ0n) is 23.0. The summed E-state index contributed by atoms with van der Waals surface area (Å²) in [7, 11) is 0. The topological polar surface area (TPSA) is 12.9 Å². The first-order valence-corrected chi connectivity index (χ1v) is 14.4. The molecule has 0 amide bonds. The van der Waals surface area contributed by atoms with E-state index in [1.165, 1.54) is 65.7 Å². The van der Waals surface area contributed by atoms with Gasteiger partial charge in [0, 0.05) is 17.1 Å². The molecule has 0 radical (unpaired) electrons. The van der Waals surface area contributed by atoms with Crippen LogP contribution in [0.1, 0.15) is 0 Å². The predicted molar refractivity (Wildman–Crippen MR) is 178 cm³/mol. The van der Waals surface area contributed by atoms with Gasteiger partial charge in [-0.1, -0.05) is 140 Å². The third kappa shape index (κ3) is 4.06. The molecule has 0 saturated heterocycles. The molecule has 8 rings (SSSR count). The molecule has 0 aliphatic heterocycles. The Morgan fingerprint density at radius 2 is 0.762 bits per heavy atom. The minimum Gasteiger partial charge on any atom is -0.256 e. The van der Waals surface area contributed by atoms with Crippen molar-refractivity contribution >= 4 is 32.3 Å². The van der Waals surface area contributed by atoms with Gasteiger partial charge in [-0.3, -0.25) is 4.98 Å². The summed E-state index contributed by atoms with van der Waals surface area (Å²) in [5.41, 5.74) is 9.53. The molecule has 0 atom stereocenters. The third-order valence-corrected chi connectivity index (χ3v) is 8.29. The number of pyridine rings is 1. The number of hydrogen-bond donors (Lipinski definition) is 0. The Morgan fingerprint density at radius 1 is 0.310 bits per heavy atom. The van der Waals surface area contributed by atoms with E-state index in [4.69, 9.17) is 4.98 Å². The van der Waals surface area contributed by atoms with E-state index in [0.717, 1.165) is 11.3 Å². The Hall–Kier alpha value is -5.53. The van der Waals surface area contributed by atoms with E-state index in [1.54, 1.807) is 0 Å². The molecule has 0 aliphatic rings. The van der Waals surface area contributed by atoms with Crippen LogP contribution in [0.3, 0.4) is 0 Å². The van der Waals surface area contributed by atoms with Gasteiger partial charge in [0.25, 0.3) is 0 Å². The van der Waals surface area contributed by atoms with Gasteiger partial charge in [0.1, 0.15) is 0 Å². The van der Waals surface area contributed by atoms with Crippen LogP contribution in [0.4, 0.5) is 0 Å². The van der Waals surface area contributed by atoms with Crippen LogP contribution in [0.25, 0.3) is 77.0 Å². The van der Waals surface area contributed by atoms with E-state index in [9.17, 15) is 0 Å². The molecule has 42 heavy (non-hydrogen) atoms. The van der Waals surface area contributed by atoms with Crippen molar-refractivity contribution in [1.29, 1.82) is 0 Å². The molecular formula is C41H27N. The predicted octanol–water partition coefficient (Wildman–Crippen LogP) is 11.2.